The molecule has 0 aliphatic carbocycles. The van der Waals surface area contributed by atoms with E-state index in [1.165, 1.54) is 54.8 Å². The minimum atomic E-state index is 0.850. The monoisotopic (exact) mass is 778 g/mol. The Balaban J connectivity index is 1.18. The summed E-state index contributed by atoms with van der Waals surface area (Å²) >= 11 is 0. The molecule has 0 saturated carbocycles. The average molecular weight is 779 g/mol. The normalized spacial score (nSPS) is 11.6. The van der Waals surface area contributed by atoms with Crippen molar-refractivity contribution in [2.75, 3.05) is 4.90 Å². The highest BCUT2D eigenvalue weighted by Gasteiger charge is 2.26. The predicted octanol–water partition coefficient (Wildman–Crippen LogP) is 16.3. The molecule has 12 rings (SSSR count). The third-order valence-electron chi connectivity index (χ3n) is 12.2. The fraction of sp³-hybridized carbons (Fsp3) is 0. The zero-order valence-corrected chi connectivity index (χ0v) is 33.2. The molecule has 2 aromatic heterocycles. The summed E-state index contributed by atoms with van der Waals surface area (Å²) in [5, 5.41) is 7.01. The van der Waals surface area contributed by atoms with Crippen LogP contribution in [-0.2, 0) is 0 Å². The van der Waals surface area contributed by atoms with E-state index in [1.54, 1.807) is 0 Å². The first-order valence-electron chi connectivity index (χ1n) is 20.9. The van der Waals surface area contributed by atoms with Crippen molar-refractivity contribution < 1.29 is 4.42 Å². The molecule has 61 heavy (non-hydrogen) atoms. The first-order chi connectivity index (χ1) is 30.3. The van der Waals surface area contributed by atoms with Crippen molar-refractivity contribution >= 4 is 71.6 Å². The van der Waals surface area contributed by atoms with Gasteiger partial charge in [-0.2, -0.15) is 0 Å². The molecule has 0 atom stereocenters. The molecule has 12 aromatic rings. The van der Waals surface area contributed by atoms with Crippen LogP contribution >= 0.6 is 0 Å². The van der Waals surface area contributed by atoms with E-state index >= 15 is 0 Å². The lowest BCUT2D eigenvalue weighted by Crippen LogP contribution is -2.13. The maximum Gasteiger partial charge on any atom is 0.137 e. The van der Waals surface area contributed by atoms with Gasteiger partial charge in [0.15, 0.2) is 0 Å². The van der Waals surface area contributed by atoms with Gasteiger partial charge in [-0.3, -0.25) is 0 Å². The van der Waals surface area contributed by atoms with Crippen LogP contribution in [0.3, 0.4) is 0 Å². The van der Waals surface area contributed by atoms with Crippen molar-refractivity contribution in [3.63, 3.8) is 0 Å². The molecule has 0 N–H and O–H groups in total. The summed E-state index contributed by atoms with van der Waals surface area (Å²) in [6.07, 6.45) is 0. The molecular weight excluding hydrogens is 741 g/mol. The van der Waals surface area contributed by atoms with E-state index in [2.05, 4.69) is 234 Å². The Labute approximate surface area is 353 Å². The summed E-state index contributed by atoms with van der Waals surface area (Å²) in [4.78, 5) is 2.48. The average Bonchev–Trinajstić information content (AvgIpc) is 3.89. The van der Waals surface area contributed by atoms with Gasteiger partial charge in [-0.1, -0.05) is 176 Å². The number of aromatic nitrogens is 1. The molecule has 0 unspecified atom stereocenters. The van der Waals surface area contributed by atoms with E-state index in [0.29, 0.717) is 0 Å². The fourth-order valence-corrected chi connectivity index (χ4v) is 9.65. The Morgan fingerprint density at radius 3 is 1.57 bits per heavy atom. The van der Waals surface area contributed by atoms with Crippen molar-refractivity contribution in [3.8, 4) is 39.1 Å². The second kappa shape index (κ2) is 14.3. The third-order valence-corrected chi connectivity index (χ3v) is 12.2. The Morgan fingerprint density at radius 2 is 0.820 bits per heavy atom. The number of furan rings is 1. The Hall–Kier alpha value is -8.14. The SMILES string of the molecule is c1ccc(-c2cccc3cccc(-c4ccccc4N(c4ccccc4-c4cccc5c4c4ccccc4n5-c4ccccc4)c4cccc5oc6ccccc6c45)c23)cc1. The van der Waals surface area contributed by atoms with Gasteiger partial charge in [0.05, 0.1) is 33.5 Å². The molecule has 3 nitrogen and oxygen atoms in total. The predicted molar refractivity (Wildman–Crippen MR) is 257 cm³/mol. The Bertz CT molecular complexity index is 3590. The lowest BCUT2D eigenvalue weighted by atomic mass is 9.90. The van der Waals surface area contributed by atoms with Crippen molar-refractivity contribution in [1.29, 1.82) is 0 Å². The van der Waals surface area contributed by atoms with Gasteiger partial charge in [0.1, 0.15) is 11.2 Å². The number of para-hydroxylation sites is 5. The molecule has 0 fully saturated rings. The van der Waals surface area contributed by atoms with Crippen LogP contribution < -0.4 is 4.90 Å². The number of benzene rings is 10. The summed E-state index contributed by atoms with van der Waals surface area (Å²) in [7, 11) is 0. The van der Waals surface area contributed by atoms with Gasteiger partial charge in [0, 0.05) is 33.0 Å². The summed E-state index contributed by atoms with van der Waals surface area (Å²) in [5.74, 6) is 0. The van der Waals surface area contributed by atoms with E-state index < -0.39 is 0 Å². The number of nitrogens with zero attached hydrogens (tertiary/aromatic N) is 2. The molecule has 0 aliphatic heterocycles. The van der Waals surface area contributed by atoms with Crippen LogP contribution in [-0.4, -0.2) is 4.57 Å². The smallest absolute Gasteiger partial charge is 0.137 e. The topological polar surface area (TPSA) is 21.3 Å². The number of hydrogen-bond donors (Lipinski definition) is 0. The van der Waals surface area contributed by atoms with Crippen LogP contribution in [0.15, 0.2) is 235 Å². The fourth-order valence-electron chi connectivity index (χ4n) is 9.65. The molecule has 0 bridgehead atoms. The highest BCUT2D eigenvalue weighted by atomic mass is 16.3. The van der Waals surface area contributed by atoms with Crippen LogP contribution in [0.5, 0.6) is 0 Å². The third kappa shape index (κ3) is 5.59. The molecule has 286 valence electrons. The van der Waals surface area contributed by atoms with Crippen LogP contribution in [0.1, 0.15) is 0 Å². The zero-order valence-electron chi connectivity index (χ0n) is 33.2. The Morgan fingerprint density at radius 1 is 0.311 bits per heavy atom. The molecule has 0 radical (unpaired) electrons. The number of anilines is 3. The number of hydrogen-bond acceptors (Lipinski definition) is 2. The van der Waals surface area contributed by atoms with Gasteiger partial charge >= 0.3 is 0 Å². The summed E-state index contributed by atoms with van der Waals surface area (Å²) in [6.45, 7) is 0. The van der Waals surface area contributed by atoms with E-state index in [-0.39, 0.29) is 0 Å². The standard InChI is InChI=1S/C58H38N2O/c1-3-19-39(20-4-1)42-29-15-21-40-22-16-30-45(56(40)42)43-25-7-11-32-49(43)60(53-36-18-38-55-58(53)48-28-10-14-37-54(48)61-55)50-33-12-8-26-44(50)46-31-17-35-52-57(46)47-27-9-13-34-51(47)59(52)41-23-5-2-6-24-41/h1-38H. The molecule has 0 saturated heterocycles. The van der Waals surface area contributed by atoms with Gasteiger partial charge in [-0.25, -0.2) is 0 Å². The van der Waals surface area contributed by atoms with Gasteiger partial charge in [0.2, 0.25) is 0 Å². The highest BCUT2D eigenvalue weighted by Crippen LogP contribution is 2.51. The van der Waals surface area contributed by atoms with Gasteiger partial charge in [-0.15, -0.1) is 0 Å². The minimum absolute atomic E-state index is 0.850. The quantitative estimate of drug-likeness (QED) is 0.161. The van der Waals surface area contributed by atoms with Crippen LogP contribution in [0, 0.1) is 0 Å². The molecule has 0 spiro atoms. The van der Waals surface area contributed by atoms with E-state index in [0.717, 1.165) is 55.8 Å². The minimum Gasteiger partial charge on any atom is -0.456 e. The molecule has 2 heterocycles. The first-order valence-corrected chi connectivity index (χ1v) is 20.9. The van der Waals surface area contributed by atoms with E-state index in [9.17, 15) is 0 Å². The maximum absolute atomic E-state index is 6.59. The lowest BCUT2D eigenvalue weighted by molar-refractivity contribution is 0.669. The van der Waals surface area contributed by atoms with Crippen molar-refractivity contribution in [2.45, 2.75) is 0 Å². The number of rotatable bonds is 7. The second-order valence-electron chi connectivity index (χ2n) is 15.6. The first kappa shape index (κ1) is 34.9. The largest absolute Gasteiger partial charge is 0.456 e. The summed E-state index contributed by atoms with van der Waals surface area (Å²) < 4.78 is 8.98. The lowest BCUT2D eigenvalue weighted by Gasteiger charge is -2.31. The molecule has 0 aliphatic rings. The number of fused-ring (bicyclic) bond motifs is 7. The van der Waals surface area contributed by atoms with Gasteiger partial charge < -0.3 is 13.9 Å². The zero-order chi connectivity index (χ0) is 40.3. The summed E-state index contributed by atoms with van der Waals surface area (Å²) in [5.41, 5.74) is 15.4. The van der Waals surface area contributed by atoms with E-state index in [1.807, 2.05) is 6.07 Å². The van der Waals surface area contributed by atoms with Crippen LogP contribution in [0.2, 0.25) is 0 Å². The second-order valence-corrected chi connectivity index (χ2v) is 15.6. The van der Waals surface area contributed by atoms with Crippen molar-refractivity contribution in [1.82, 2.24) is 4.57 Å². The molecular formula is C58H38N2O. The summed E-state index contributed by atoms with van der Waals surface area (Å²) in [6, 6.07) is 83.0. The maximum atomic E-state index is 6.59. The van der Waals surface area contributed by atoms with E-state index in [4.69, 9.17) is 4.42 Å². The van der Waals surface area contributed by atoms with Crippen LogP contribution in [0.25, 0.3) is 93.6 Å². The van der Waals surface area contributed by atoms with Crippen LogP contribution in [0.4, 0.5) is 17.1 Å². The highest BCUT2D eigenvalue weighted by molar-refractivity contribution is 6.19. The Kier molecular flexibility index (Phi) is 8.17. The van der Waals surface area contributed by atoms with Crippen molar-refractivity contribution in [2.24, 2.45) is 0 Å². The molecule has 3 heteroatoms. The van der Waals surface area contributed by atoms with Crippen molar-refractivity contribution in [3.05, 3.63) is 231 Å². The molecule has 0 amide bonds. The van der Waals surface area contributed by atoms with Gasteiger partial charge in [-0.05, 0) is 87.6 Å². The molecule has 10 aromatic carbocycles. The van der Waals surface area contributed by atoms with Gasteiger partial charge in [0.25, 0.3) is 0 Å².